The molecule has 28 heavy (non-hydrogen) atoms. The fourth-order valence-corrected chi connectivity index (χ4v) is 2.35. The molecule has 0 saturated carbocycles. The fraction of sp³-hybridized carbons (Fsp3) is 0.600. The minimum absolute atomic E-state index is 0.00543. The second kappa shape index (κ2) is 13.5. The Hall–Kier alpha value is -1.72. The van der Waals surface area contributed by atoms with E-state index in [1.165, 1.54) is 6.08 Å². The molecule has 1 rings (SSSR count). The monoisotopic (exact) mass is 396 g/mol. The number of aliphatic hydroxyl groups excluding tert-OH is 6. The van der Waals surface area contributed by atoms with Crippen LogP contribution in [0.3, 0.4) is 0 Å². The molecule has 1 fully saturated rings. The van der Waals surface area contributed by atoms with Crippen molar-refractivity contribution < 1.29 is 40.1 Å². The Bertz CT molecular complexity index is 622. The lowest BCUT2D eigenvalue weighted by atomic mass is 9.99. The smallest absolute Gasteiger partial charge is 0.187 e. The quantitative estimate of drug-likeness (QED) is 0.165. The Morgan fingerprint density at radius 1 is 1.11 bits per heavy atom. The van der Waals surface area contributed by atoms with Gasteiger partial charge in [-0.3, -0.25) is 0 Å². The van der Waals surface area contributed by atoms with Gasteiger partial charge < -0.3 is 40.1 Å². The molecule has 0 aliphatic carbocycles. The van der Waals surface area contributed by atoms with Crippen LogP contribution in [0, 0.1) is 23.7 Å². The van der Waals surface area contributed by atoms with Gasteiger partial charge in [0.05, 0.1) is 6.61 Å². The zero-order valence-corrected chi connectivity index (χ0v) is 15.7. The van der Waals surface area contributed by atoms with Crippen LogP contribution in [-0.4, -0.2) is 86.8 Å². The highest BCUT2D eigenvalue weighted by atomic mass is 16.7. The number of rotatable bonds is 8. The van der Waals surface area contributed by atoms with Crippen molar-refractivity contribution in [2.75, 3.05) is 13.2 Å². The molecule has 7 unspecified atom stereocenters. The number of unbranched alkanes of at least 4 members (excludes halogenated alkanes) is 1. The Kier molecular flexibility index (Phi) is 11.7. The zero-order chi connectivity index (χ0) is 20.9. The molecule has 7 atom stereocenters. The summed E-state index contributed by atoms with van der Waals surface area (Å²) in [6.45, 7) is 1.22. The first-order chi connectivity index (χ1) is 13.5. The highest BCUT2D eigenvalue weighted by Gasteiger charge is 2.45. The number of aliphatic hydroxyl groups is 6. The number of ether oxygens (including phenoxy) is 2. The molecule has 0 aromatic heterocycles. The van der Waals surface area contributed by atoms with Gasteiger partial charge in [0.15, 0.2) is 6.29 Å². The van der Waals surface area contributed by atoms with Crippen LogP contribution in [-0.2, 0) is 9.47 Å². The Morgan fingerprint density at radius 3 is 2.50 bits per heavy atom. The third kappa shape index (κ3) is 7.72. The van der Waals surface area contributed by atoms with Gasteiger partial charge in [-0.05, 0) is 37.7 Å². The minimum atomic E-state index is -1.60. The maximum atomic E-state index is 10.3. The average Bonchev–Trinajstić information content (AvgIpc) is 2.69. The molecular formula is C20H28O8. The molecule has 1 heterocycles. The summed E-state index contributed by atoms with van der Waals surface area (Å²) in [6.07, 6.45) is -2.07. The van der Waals surface area contributed by atoms with E-state index in [1.54, 1.807) is 25.2 Å². The van der Waals surface area contributed by atoms with E-state index in [0.29, 0.717) is 12.8 Å². The van der Waals surface area contributed by atoms with E-state index in [-0.39, 0.29) is 6.61 Å². The average molecular weight is 396 g/mol. The molecule has 1 saturated heterocycles. The van der Waals surface area contributed by atoms with E-state index in [1.807, 2.05) is 0 Å². The van der Waals surface area contributed by atoms with Crippen LogP contribution >= 0.6 is 0 Å². The predicted octanol–water partition coefficient (Wildman–Crippen LogP) is -1.56. The Balaban J connectivity index is 2.92. The summed E-state index contributed by atoms with van der Waals surface area (Å²) in [5.41, 5.74) is 0. The second-order valence-electron chi connectivity index (χ2n) is 6.08. The molecule has 0 spiro atoms. The summed E-state index contributed by atoms with van der Waals surface area (Å²) < 4.78 is 10.9. The van der Waals surface area contributed by atoms with Crippen molar-refractivity contribution in [1.82, 2.24) is 0 Å². The summed E-state index contributed by atoms with van der Waals surface area (Å²) in [7, 11) is 0. The van der Waals surface area contributed by atoms with Crippen molar-refractivity contribution in [2.24, 2.45) is 0 Å². The lowest BCUT2D eigenvalue weighted by Crippen LogP contribution is -2.60. The molecule has 8 heteroatoms. The van der Waals surface area contributed by atoms with Crippen molar-refractivity contribution in [1.29, 1.82) is 0 Å². The van der Waals surface area contributed by atoms with E-state index in [4.69, 9.17) is 14.6 Å². The van der Waals surface area contributed by atoms with E-state index in [0.717, 1.165) is 0 Å². The van der Waals surface area contributed by atoms with Crippen LogP contribution in [0.5, 0.6) is 0 Å². The van der Waals surface area contributed by atoms with Gasteiger partial charge in [0.25, 0.3) is 0 Å². The minimum Gasteiger partial charge on any atom is -0.396 e. The number of allylic oxidation sites excluding steroid dienone is 3. The topological polar surface area (TPSA) is 140 Å². The molecule has 0 aromatic rings. The van der Waals surface area contributed by atoms with Crippen LogP contribution in [0.4, 0.5) is 0 Å². The standard InChI is InChI=1S/C20H28O8/c1-2-3-4-5-7-10-14(23)15(11-8-6-9-12-21)27-20-19(26)18(25)17(24)16(13-22)28-20/h2-3,8,11,14-26H,6,9,12-13H2,1H3. The SMILES string of the molecule is CC=CC#CC#CC(O)C(C=CCCCO)OC1OC(CO)C(O)C(O)C1O. The lowest BCUT2D eigenvalue weighted by Gasteiger charge is -2.40. The van der Waals surface area contributed by atoms with Crippen LogP contribution in [0.1, 0.15) is 19.8 Å². The Morgan fingerprint density at radius 2 is 1.86 bits per heavy atom. The van der Waals surface area contributed by atoms with Crippen LogP contribution < -0.4 is 0 Å². The zero-order valence-electron chi connectivity index (χ0n) is 15.7. The van der Waals surface area contributed by atoms with Crippen molar-refractivity contribution >= 4 is 0 Å². The predicted molar refractivity (Wildman–Crippen MR) is 100 cm³/mol. The van der Waals surface area contributed by atoms with Crippen LogP contribution in [0.2, 0.25) is 0 Å². The molecule has 6 N–H and O–H groups in total. The van der Waals surface area contributed by atoms with Crippen molar-refractivity contribution in [3.8, 4) is 23.7 Å². The summed E-state index contributed by atoms with van der Waals surface area (Å²) in [6, 6.07) is 0. The van der Waals surface area contributed by atoms with Gasteiger partial charge in [-0.15, -0.1) is 0 Å². The highest BCUT2D eigenvalue weighted by molar-refractivity contribution is 5.32. The van der Waals surface area contributed by atoms with Crippen LogP contribution in [0.15, 0.2) is 24.3 Å². The molecule has 1 aliphatic heterocycles. The van der Waals surface area contributed by atoms with Crippen molar-refractivity contribution in [3.63, 3.8) is 0 Å². The molecule has 1 aliphatic rings. The summed E-state index contributed by atoms with van der Waals surface area (Å²) in [4.78, 5) is 0. The van der Waals surface area contributed by atoms with E-state index in [9.17, 15) is 25.5 Å². The maximum absolute atomic E-state index is 10.3. The van der Waals surface area contributed by atoms with Crippen molar-refractivity contribution in [3.05, 3.63) is 24.3 Å². The van der Waals surface area contributed by atoms with Gasteiger partial charge in [0.2, 0.25) is 0 Å². The Labute approximate surface area is 164 Å². The van der Waals surface area contributed by atoms with Gasteiger partial charge in [0.1, 0.15) is 36.6 Å². The maximum Gasteiger partial charge on any atom is 0.187 e. The first-order valence-corrected chi connectivity index (χ1v) is 9.00. The van der Waals surface area contributed by atoms with Crippen LogP contribution in [0.25, 0.3) is 0 Å². The summed E-state index contributed by atoms with van der Waals surface area (Å²) in [5.74, 6) is 10.2. The molecule has 0 bridgehead atoms. The molecule has 156 valence electrons. The van der Waals surface area contributed by atoms with Gasteiger partial charge in [-0.25, -0.2) is 0 Å². The lowest BCUT2D eigenvalue weighted by molar-refractivity contribution is -0.311. The molecule has 0 radical (unpaired) electrons. The summed E-state index contributed by atoms with van der Waals surface area (Å²) in [5, 5.41) is 58.2. The van der Waals surface area contributed by atoms with Crippen molar-refractivity contribution in [2.45, 2.75) is 62.7 Å². The van der Waals surface area contributed by atoms with Gasteiger partial charge >= 0.3 is 0 Å². The van der Waals surface area contributed by atoms with E-state index >= 15 is 0 Å². The van der Waals surface area contributed by atoms with Gasteiger partial charge in [-0.1, -0.05) is 30.1 Å². The number of hydrogen-bond donors (Lipinski definition) is 6. The van der Waals surface area contributed by atoms with E-state index < -0.39 is 49.5 Å². The normalized spacial score (nSPS) is 29.8. The third-order valence-corrected chi connectivity index (χ3v) is 3.91. The molecular weight excluding hydrogens is 368 g/mol. The van der Waals surface area contributed by atoms with E-state index in [2.05, 4.69) is 23.7 Å². The van der Waals surface area contributed by atoms with Gasteiger partial charge in [0, 0.05) is 6.61 Å². The first-order valence-electron chi connectivity index (χ1n) is 9.00. The van der Waals surface area contributed by atoms with Gasteiger partial charge in [-0.2, -0.15) is 0 Å². The highest BCUT2D eigenvalue weighted by Crippen LogP contribution is 2.23. The second-order valence-corrected chi connectivity index (χ2v) is 6.08. The first kappa shape index (κ1) is 24.3. The molecule has 0 aromatic carbocycles. The number of hydrogen-bond acceptors (Lipinski definition) is 8. The summed E-state index contributed by atoms with van der Waals surface area (Å²) >= 11 is 0. The fourth-order valence-electron chi connectivity index (χ4n) is 2.35. The third-order valence-electron chi connectivity index (χ3n) is 3.91. The largest absolute Gasteiger partial charge is 0.396 e. The molecule has 8 nitrogen and oxygen atoms in total. The molecule has 0 amide bonds.